The molecule has 0 aliphatic carbocycles. The molecular formula is C20H20N2O4S. The summed E-state index contributed by atoms with van der Waals surface area (Å²) >= 11 is 0. The first-order chi connectivity index (χ1) is 13.0. The van der Waals surface area contributed by atoms with E-state index in [4.69, 9.17) is 4.42 Å². The van der Waals surface area contributed by atoms with E-state index in [0.717, 1.165) is 11.1 Å². The number of rotatable bonds is 7. The first kappa shape index (κ1) is 18.9. The number of nitrogens with zero attached hydrogens (tertiary/aromatic N) is 1. The maximum Gasteiger partial charge on any atom is 0.290 e. The van der Waals surface area contributed by atoms with Crippen LogP contribution in [-0.4, -0.2) is 26.3 Å². The summed E-state index contributed by atoms with van der Waals surface area (Å²) in [5.41, 5.74) is 1.94. The normalized spacial score (nSPS) is 11.3. The summed E-state index contributed by atoms with van der Waals surface area (Å²) in [5.74, 6) is -0.393. The summed E-state index contributed by atoms with van der Waals surface area (Å²) in [6, 6.07) is 21.9. The Balaban J connectivity index is 1.88. The molecular weight excluding hydrogens is 364 g/mol. The quantitative estimate of drug-likeness (QED) is 0.679. The third kappa shape index (κ3) is 4.64. The highest BCUT2D eigenvalue weighted by molar-refractivity contribution is 7.89. The van der Waals surface area contributed by atoms with E-state index in [0.29, 0.717) is 13.1 Å². The van der Waals surface area contributed by atoms with E-state index >= 15 is 0 Å². The van der Waals surface area contributed by atoms with Crippen molar-refractivity contribution in [2.75, 3.05) is 7.05 Å². The number of carbonyl (C=O) groups excluding carboxylic acids is 1. The molecule has 0 unspecified atom stereocenters. The van der Waals surface area contributed by atoms with Crippen molar-refractivity contribution in [3.05, 3.63) is 89.7 Å². The molecule has 0 radical (unpaired) electrons. The molecule has 0 saturated heterocycles. The van der Waals surface area contributed by atoms with Crippen LogP contribution < -0.4 is 4.72 Å². The number of carbonyl (C=O) groups is 1. The first-order valence-corrected chi connectivity index (χ1v) is 9.88. The Hall–Kier alpha value is -2.90. The van der Waals surface area contributed by atoms with Gasteiger partial charge in [-0.05, 0) is 30.3 Å². The Morgan fingerprint density at radius 1 is 0.889 bits per heavy atom. The van der Waals surface area contributed by atoms with Gasteiger partial charge in [0.2, 0.25) is 5.09 Å². The molecule has 0 fully saturated rings. The summed E-state index contributed by atoms with van der Waals surface area (Å²) < 4.78 is 31.2. The number of hydrogen-bond acceptors (Lipinski definition) is 4. The van der Waals surface area contributed by atoms with Gasteiger partial charge in [0.25, 0.3) is 15.9 Å². The molecule has 3 rings (SSSR count). The van der Waals surface area contributed by atoms with Crippen molar-refractivity contribution in [2.24, 2.45) is 0 Å². The zero-order valence-electron chi connectivity index (χ0n) is 14.8. The smallest absolute Gasteiger partial charge is 0.290 e. The van der Waals surface area contributed by atoms with Gasteiger partial charge in [0.1, 0.15) is 0 Å². The van der Waals surface area contributed by atoms with Crippen molar-refractivity contribution in [3.8, 4) is 0 Å². The summed E-state index contributed by atoms with van der Waals surface area (Å²) in [6.45, 7) is 0.757. The molecule has 0 atom stereocenters. The van der Waals surface area contributed by atoms with Crippen LogP contribution in [0.2, 0.25) is 0 Å². The minimum absolute atomic E-state index is 0.0179. The second-order valence-corrected chi connectivity index (χ2v) is 7.78. The molecule has 1 aromatic heterocycles. The summed E-state index contributed by atoms with van der Waals surface area (Å²) in [6.07, 6.45) is 0. The number of furan rings is 1. The van der Waals surface area contributed by atoms with E-state index in [1.807, 2.05) is 60.7 Å². The fraction of sp³-hybridized carbons (Fsp3) is 0.150. The lowest BCUT2D eigenvalue weighted by Gasteiger charge is -2.22. The molecule has 0 aliphatic heterocycles. The minimum atomic E-state index is -3.74. The summed E-state index contributed by atoms with van der Waals surface area (Å²) in [5, 5.41) is -0.285. The van der Waals surface area contributed by atoms with Gasteiger partial charge in [0, 0.05) is 13.1 Å². The van der Waals surface area contributed by atoms with Crippen molar-refractivity contribution in [1.82, 2.24) is 9.62 Å². The van der Waals surface area contributed by atoms with Gasteiger partial charge in [-0.2, -0.15) is 0 Å². The maximum absolute atomic E-state index is 13.0. The zero-order chi connectivity index (χ0) is 19.3. The van der Waals surface area contributed by atoms with Crippen LogP contribution in [0.5, 0.6) is 0 Å². The molecule has 0 spiro atoms. The monoisotopic (exact) mass is 384 g/mol. The van der Waals surface area contributed by atoms with Crippen molar-refractivity contribution in [3.63, 3.8) is 0 Å². The summed E-state index contributed by atoms with van der Waals surface area (Å²) in [7, 11) is -2.45. The molecule has 2 aromatic carbocycles. The van der Waals surface area contributed by atoms with Gasteiger partial charge in [-0.25, -0.2) is 13.1 Å². The van der Waals surface area contributed by atoms with Crippen molar-refractivity contribution < 1.29 is 17.6 Å². The molecule has 3 aromatic rings. The van der Waals surface area contributed by atoms with Crippen LogP contribution in [0, 0.1) is 0 Å². The molecule has 1 heterocycles. The van der Waals surface area contributed by atoms with Crippen molar-refractivity contribution >= 4 is 15.9 Å². The van der Waals surface area contributed by atoms with Crippen molar-refractivity contribution in [1.29, 1.82) is 0 Å². The van der Waals surface area contributed by atoms with Gasteiger partial charge >= 0.3 is 0 Å². The molecule has 7 heteroatoms. The Labute approximate surface area is 158 Å². The SMILES string of the molecule is CNS(=O)(=O)c1ccc(C(=O)N(Cc2ccccc2)Cc2ccccc2)o1. The Morgan fingerprint density at radius 3 is 1.89 bits per heavy atom. The molecule has 0 saturated carbocycles. The minimum Gasteiger partial charge on any atom is -0.438 e. The van der Waals surface area contributed by atoms with Crippen LogP contribution in [0.15, 0.2) is 82.3 Å². The fourth-order valence-electron chi connectivity index (χ4n) is 2.64. The average molecular weight is 384 g/mol. The fourth-order valence-corrected chi connectivity index (χ4v) is 3.29. The lowest BCUT2D eigenvalue weighted by Crippen LogP contribution is -2.30. The highest BCUT2D eigenvalue weighted by Crippen LogP contribution is 2.18. The van der Waals surface area contributed by atoms with E-state index in [1.54, 1.807) is 4.90 Å². The third-order valence-electron chi connectivity index (χ3n) is 4.05. The predicted molar refractivity (Wildman–Crippen MR) is 101 cm³/mol. The van der Waals surface area contributed by atoms with Crippen LogP contribution in [0.3, 0.4) is 0 Å². The number of benzene rings is 2. The molecule has 27 heavy (non-hydrogen) atoms. The Bertz CT molecular complexity index is 957. The second kappa shape index (κ2) is 8.20. The Kier molecular flexibility index (Phi) is 5.73. The molecule has 6 nitrogen and oxygen atoms in total. The standard InChI is InChI=1S/C20H20N2O4S/c1-21-27(24,25)19-13-12-18(26-19)20(23)22(14-16-8-4-2-5-9-16)15-17-10-6-3-7-11-17/h2-13,21H,14-15H2,1H3. The number of hydrogen-bond donors (Lipinski definition) is 1. The van der Waals surface area contributed by atoms with Gasteiger partial charge in [-0.3, -0.25) is 4.79 Å². The van der Waals surface area contributed by atoms with Crippen LogP contribution in [0.1, 0.15) is 21.7 Å². The topological polar surface area (TPSA) is 79.6 Å². The van der Waals surface area contributed by atoms with E-state index in [1.165, 1.54) is 19.2 Å². The lowest BCUT2D eigenvalue weighted by atomic mass is 10.1. The van der Waals surface area contributed by atoms with E-state index in [9.17, 15) is 13.2 Å². The highest BCUT2D eigenvalue weighted by Gasteiger charge is 2.23. The highest BCUT2D eigenvalue weighted by atomic mass is 32.2. The molecule has 1 amide bonds. The average Bonchev–Trinajstić information content (AvgIpc) is 3.20. The Morgan fingerprint density at radius 2 is 1.41 bits per heavy atom. The predicted octanol–water partition coefficient (Wildman–Crippen LogP) is 3.03. The molecule has 1 N–H and O–H groups in total. The van der Waals surface area contributed by atoms with Gasteiger partial charge in [0.15, 0.2) is 5.76 Å². The van der Waals surface area contributed by atoms with E-state index in [-0.39, 0.29) is 16.8 Å². The number of nitrogens with one attached hydrogen (secondary N) is 1. The van der Waals surface area contributed by atoms with E-state index in [2.05, 4.69) is 4.72 Å². The molecule has 0 bridgehead atoms. The number of amides is 1. The van der Waals surface area contributed by atoms with Crippen molar-refractivity contribution in [2.45, 2.75) is 18.2 Å². The van der Waals surface area contributed by atoms with Gasteiger partial charge < -0.3 is 9.32 Å². The van der Waals surface area contributed by atoms with Crippen LogP contribution in [0.4, 0.5) is 0 Å². The maximum atomic E-state index is 13.0. The van der Waals surface area contributed by atoms with Crippen LogP contribution >= 0.6 is 0 Å². The van der Waals surface area contributed by atoms with Crippen LogP contribution in [0.25, 0.3) is 0 Å². The number of sulfonamides is 1. The van der Waals surface area contributed by atoms with Gasteiger partial charge in [-0.15, -0.1) is 0 Å². The van der Waals surface area contributed by atoms with Gasteiger partial charge in [-0.1, -0.05) is 60.7 Å². The molecule has 0 aliphatic rings. The lowest BCUT2D eigenvalue weighted by molar-refractivity contribution is 0.0691. The molecule has 140 valence electrons. The summed E-state index contributed by atoms with van der Waals surface area (Å²) in [4.78, 5) is 14.6. The second-order valence-electron chi connectivity index (χ2n) is 5.96. The third-order valence-corrected chi connectivity index (χ3v) is 5.33. The van der Waals surface area contributed by atoms with Crippen LogP contribution in [-0.2, 0) is 23.1 Å². The zero-order valence-corrected chi connectivity index (χ0v) is 15.6. The first-order valence-electron chi connectivity index (χ1n) is 8.40. The van der Waals surface area contributed by atoms with E-state index < -0.39 is 10.0 Å². The largest absolute Gasteiger partial charge is 0.438 e. The van der Waals surface area contributed by atoms with Gasteiger partial charge in [0.05, 0.1) is 0 Å².